The number of hydrogen-bond donors (Lipinski definition) is 1. The van der Waals surface area contributed by atoms with Crippen molar-refractivity contribution >= 4 is 12.1 Å². The molecule has 0 fully saturated rings. The number of amides is 1. The Morgan fingerprint density at radius 1 is 1.44 bits per heavy atom. The number of benzene rings is 1. The molecule has 1 N–H and O–H groups in total. The first-order valence-electron chi connectivity index (χ1n) is 5.11. The molecular weight excluding hydrogens is 204 g/mol. The Kier molecular flexibility index (Phi) is 4.51. The minimum absolute atomic E-state index is 0.0742. The molecule has 16 heavy (non-hydrogen) atoms. The summed E-state index contributed by atoms with van der Waals surface area (Å²) in [5.41, 5.74) is 3.28. The van der Waals surface area contributed by atoms with Crippen LogP contribution in [0.25, 0.3) is 0 Å². The zero-order valence-corrected chi connectivity index (χ0v) is 9.73. The van der Waals surface area contributed by atoms with Gasteiger partial charge in [-0.15, -0.1) is 0 Å². The van der Waals surface area contributed by atoms with Crippen LogP contribution in [0.1, 0.15) is 19.4 Å². The fourth-order valence-corrected chi connectivity index (χ4v) is 1.07. The summed E-state index contributed by atoms with van der Waals surface area (Å²) in [6.07, 6.45) is 1.57. The van der Waals surface area contributed by atoms with Gasteiger partial charge in [0.25, 0.3) is 0 Å². The number of carbonyl (C=O) groups excluding carboxylic acids is 1. The van der Waals surface area contributed by atoms with E-state index in [9.17, 15) is 4.79 Å². The highest BCUT2D eigenvalue weighted by Gasteiger charge is 2.04. The molecule has 1 aromatic rings. The minimum atomic E-state index is -0.105. The molecule has 0 aromatic heterocycles. The molecule has 0 saturated carbocycles. The molecule has 1 amide bonds. The van der Waals surface area contributed by atoms with Crippen LogP contribution in [0.3, 0.4) is 0 Å². The molecule has 0 radical (unpaired) electrons. The van der Waals surface area contributed by atoms with E-state index in [1.807, 2.05) is 38.1 Å². The van der Waals surface area contributed by atoms with Crippen molar-refractivity contribution in [2.24, 2.45) is 11.0 Å². The van der Waals surface area contributed by atoms with Crippen molar-refractivity contribution in [2.75, 3.05) is 7.11 Å². The Bertz CT molecular complexity index is 386. The average Bonchev–Trinajstić information content (AvgIpc) is 2.29. The van der Waals surface area contributed by atoms with Crippen LogP contribution < -0.4 is 10.2 Å². The van der Waals surface area contributed by atoms with Crippen molar-refractivity contribution in [3.63, 3.8) is 0 Å². The summed E-state index contributed by atoms with van der Waals surface area (Å²) >= 11 is 0. The summed E-state index contributed by atoms with van der Waals surface area (Å²) in [6.45, 7) is 3.63. The van der Waals surface area contributed by atoms with Gasteiger partial charge in [0.1, 0.15) is 5.75 Å². The quantitative estimate of drug-likeness (QED) is 0.621. The molecular formula is C12H16N2O2. The number of hydrazone groups is 1. The smallest absolute Gasteiger partial charge is 0.242 e. The molecule has 0 aliphatic carbocycles. The molecule has 0 aliphatic rings. The summed E-state index contributed by atoms with van der Waals surface area (Å²) in [5, 5.41) is 3.87. The maximum atomic E-state index is 11.2. The highest BCUT2D eigenvalue weighted by molar-refractivity contribution is 5.85. The van der Waals surface area contributed by atoms with Crippen LogP contribution >= 0.6 is 0 Å². The monoisotopic (exact) mass is 220 g/mol. The Balaban J connectivity index is 2.66. The topological polar surface area (TPSA) is 50.7 Å². The molecule has 86 valence electrons. The second-order valence-corrected chi connectivity index (χ2v) is 3.63. The maximum absolute atomic E-state index is 11.2. The number of ether oxygens (including phenoxy) is 1. The summed E-state index contributed by atoms with van der Waals surface area (Å²) in [4.78, 5) is 11.2. The van der Waals surface area contributed by atoms with Crippen LogP contribution in [-0.4, -0.2) is 19.2 Å². The summed E-state index contributed by atoms with van der Waals surface area (Å²) in [7, 11) is 1.60. The van der Waals surface area contributed by atoms with Gasteiger partial charge in [0.2, 0.25) is 5.91 Å². The lowest BCUT2D eigenvalue weighted by Crippen LogP contribution is -2.22. The second-order valence-electron chi connectivity index (χ2n) is 3.63. The van der Waals surface area contributed by atoms with Crippen molar-refractivity contribution in [1.29, 1.82) is 0 Å². The van der Waals surface area contributed by atoms with E-state index in [4.69, 9.17) is 4.74 Å². The van der Waals surface area contributed by atoms with Gasteiger partial charge in [-0.1, -0.05) is 26.0 Å². The predicted octanol–water partition coefficient (Wildman–Crippen LogP) is 1.80. The first kappa shape index (κ1) is 12.2. The Labute approximate surface area is 95.3 Å². The lowest BCUT2D eigenvalue weighted by atomic mass is 10.2. The number of carbonyl (C=O) groups is 1. The summed E-state index contributed by atoms with van der Waals surface area (Å²) < 4.78 is 5.15. The van der Waals surface area contributed by atoms with Crippen LogP contribution in [0.15, 0.2) is 29.4 Å². The molecule has 0 atom stereocenters. The molecule has 0 saturated heterocycles. The van der Waals surface area contributed by atoms with Gasteiger partial charge in [0.05, 0.1) is 13.3 Å². The molecule has 0 bridgehead atoms. The summed E-state index contributed by atoms with van der Waals surface area (Å²) in [6, 6.07) is 7.46. The van der Waals surface area contributed by atoms with Crippen molar-refractivity contribution in [3.05, 3.63) is 29.8 Å². The molecule has 1 rings (SSSR count). The Morgan fingerprint density at radius 2 is 2.12 bits per heavy atom. The molecule has 4 heteroatoms. The zero-order valence-electron chi connectivity index (χ0n) is 9.73. The van der Waals surface area contributed by atoms with E-state index in [1.165, 1.54) is 0 Å². The Hall–Kier alpha value is -1.84. The number of nitrogens with zero attached hydrogens (tertiary/aromatic N) is 1. The van der Waals surface area contributed by atoms with E-state index in [0.29, 0.717) is 0 Å². The van der Waals surface area contributed by atoms with E-state index in [-0.39, 0.29) is 11.8 Å². The lowest BCUT2D eigenvalue weighted by molar-refractivity contribution is -0.123. The van der Waals surface area contributed by atoms with E-state index in [2.05, 4.69) is 10.5 Å². The molecule has 0 unspecified atom stereocenters. The average molecular weight is 220 g/mol. The molecule has 0 aliphatic heterocycles. The number of rotatable bonds is 4. The molecule has 1 aromatic carbocycles. The molecule has 0 spiro atoms. The van der Waals surface area contributed by atoms with Crippen LogP contribution in [0.2, 0.25) is 0 Å². The van der Waals surface area contributed by atoms with Gasteiger partial charge in [-0.3, -0.25) is 4.79 Å². The van der Waals surface area contributed by atoms with Crippen LogP contribution in [0, 0.1) is 5.92 Å². The van der Waals surface area contributed by atoms with E-state index >= 15 is 0 Å². The zero-order chi connectivity index (χ0) is 12.0. The number of methoxy groups -OCH3 is 1. The van der Waals surface area contributed by atoms with Crippen molar-refractivity contribution in [1.82, 2.24) is 5.43 Å². The van der Waals surface area contributed by atoms with E-state index in [1.54, 1.807) is 13.3 Å². The number of nitrogens with one attached hydrogen (secondary N) is 1. The maximum Gasteiger partial charge on any atom is 0.242 e. The highest BCUT2D eigenvalue weighted by atomic mass is 16.5. The molecule has 4 nitrogen and oxygen atoms in total. The Morgan fingerprint density at radius 3 is 2.75 bits per heavy atom. The first-order chi connectivity index (χ1) is 7.65. The van der Waals surface area contributed by atoms with Gasteiger partial charge < -0.3 is 4.74 Å². The predicted molar refractivity (Wildman–Crippen MR) is 63.6 cm³/mol. The normalized spacial score (nSPS) is 10.8. The van der Waals surface area contributed by atoms with Crippen LogP contribution in [0.4, 0.5) is 0 Å². The van der Waals surface area contributed by atoms with Gasteiger partial charge in [-0.05, 0) is 12.1 Å². The highest BCUT2D eigenvalue weighted by Crippen LogP contribution is 2.14. The second kappa shape index (κ2) is 5.90. The van der Waals surface area contributed by atoms with Crippen LogP contribution in [0.5, 0.6) is 5.75 Å². The third kappa shape index (κ3) is 3.38. The third-order valence-corrected chi connectivity index (χ3v) is 2.04. The molecule has 0 heterocycles. The number of hydrogen-bond acceptors (Lipinski definition) is 3. The van der Waals surface area contributed by atoms with Gasteiger partial charge in [0.15, 0.2) is 0 Å². The standard InChI is InChI=1S/C12H16N2O2/c1-9(2)12(15)14-13-8-10-6-4-5-7-11(10)16-3/h4-9H,1-3H3,(H,14,15)/b13-8+. The van der Waals surface area contributed by atoms with Crippen molar-refractivity contribution in [3.8, 4) is 5.75 Å². The van der Waals surface area contributed by atoms with E-state index in [0.717, 1.165) is 11.3 Å². The minimum Gasteiger partial charge on any atom is -0.496 e. The fourth-order valence-electron chi connectivity index (χ4n) is 1.07. The SMILES string of the molecule is COc1ccccc1/C=N/NC(=O)C(C)C. The van der Waals surface area contributed by atoms with Gasteiger partial charge in [-0.2, -0.15) is 5.10 Å². The summed E-state index contributed by atoms with van der Waals surface area (Å²) in [5.74, 6) is 0.547. The number of para-hydroxylation sites is 1. The van der Waals surface area contributed by atoms with Gasteiger partial charge in [-0.25, -0.2) is 5.43 Å². The largest absolute Gasteiger partial charge is 0.496 e. The van der Waals surface area contributed by atoms with E-state index < -0.39 is 0 Å². The fraction of sp³-hybridized carbons (Fsp3) is 0.333. The third-order valence-electron chi connectivity index (χ3n) is 2.04. The van der Waals surface area contributed by atoms with Gasteiger partial charge in [0, 0.05) is 11.5 Å². The van der Waals surface area contributed by atoms with Gasteiger partial charge >= 0.3 is 0 Å². The van der Waals surface area contributed by atoms with Crippen LogP contribution in [-0.2, 0) is 4.79 Å². The van der Waals surface area contributed by atoms with Crippen molar-refractivity contribution < 1.29 is 9.53 Å². The first-order valence-corrected chi connectivity index (χ1v) is 5.11. The lowest BCUT2D eigenvalue weighted by Gasteiger charge is -2.04. The van der Waals surface area contributed by atoms with Crippen molar-refractivity contribution in [2.45, 2.75) is 13.8 Å².